The summed E-state index contributed by atoms with van der Waals surface area (Å²) in [6.07, 6.45) is 0. The molecule has 0 atom stereocenters. The van der Waals surface area contributed by atoms with Crippen molar-refractivity contribution in [1.82, 2.24) is 9.55 Å². The Bertz CT molecular complexity index is 2850. The maximum absolute atomic E-state index is 5.44. The molecule has 0 unspecified atom stereocenters. The number of hydrogen-bond donors (Lipinski definition) is 0. The number of rotatable bonds is 5. The van der Waals surface area contributed by atoms with Crippen LogP contribution in [0.3, 0.4) is 0 Å². The van der Waals surface area contributed by atoms with Gasteiger partial charge in [0.25, 0.3) is 0 Å². The van der Waals surface area contributed by atoms with Crippen LogP contribution < -0.4 is 0 Å². The Labute approximate surface area is 294 Å². The van der Waals surface area contributed by atoms with Crippen LogP contribution in [0.15, 0.2) is 182 Å². The predicted octanol–water partition coefficient (Wildman–Crippen LogP) is 13.2. The molecule has 10 aromatic rings. The van der Waals surface area contributed by atoms with E-state index in [-0.39, 0.29) is 0 Å². The Kier molecular flexibility index (Phi) is 6.71. The largest absolute Gasteiger partial charge is 0.309 e. The molecule has 2 nitrogen and oxygen atoms in total. The van der Waals surface area contributed by atoms with Gasteiger partial charge in [-0.05, 0) is 70.8 Å². The van der Waals surface area contributed by atoms with E-state index in [0.29, 0.717) is 0 Å². The summed E-state index contributed by atoms with van der Waals surface area (Å²) in [5.41, 5.74) is 12.5. The van der Waals surface area contributed by atoms with Crippen LogP contribution in [0.5, 0.6) is 0 Å². The number of benzene rings is 7. The zero-order valence-corrected chi connectivity index (χ0v) is 27.9. The van der Waals surface area contributed by atoms with E-state index >= 15 is 0 Å². The van der Waals surface area contributed by atoms with Gasteiger partial charge >= 0.3 is 0 Å². The van der Waals surface area contributed by atoms with E-state index in [2.05, 4.69) is 187 Å². The molecule has 234 valence electrons. The van der Waals surface area contributed by atoms with E-state index in [1.54, 1.807) is 0 Å². The lowest BCUT2D eigenvalue weighted by Crippen LogP contribution is -1.94. The second-order valence-electron chi connectivity index (χ2n) is 12.8. The fourth-order valence-electron chi connectivity index (χ4n) is 7.41. The summed E-state index contributed by atoms with van der Waals surface area (Å²) in [4.78, 5) is 5.44. The van der Waals surface area contributed by atoms with E-state index in [4.69, 9.17) is 4.98 Å². The maximum atomic E-state index is 5.44. The zero-order chi connectivity index (χ0) is 33.0. The van der Waals surface area contributed by atoms with E-state index < -0.39 is 0 Å². The minimum atomic E-state index is 0.959. The summed E-state index contributed by atoms with van der Waals surface area (Å²) >= 11 is 1.85. The van der Waals surface area contributed by atoms with Crippen LogP contribution in [0.1, 0.15) is 0 Å². The molecule has 3 aromatic heterocycles. The number of aromatic nitrogens is 2. The molecule has 0 N–H and O–H groups in total. The van der Waals surface area contributed by atoms with Crippen LogP contribution in [0, 0.1) is 0 Å². The average Bonchev–Trinajstić information content (AvgIpc) is 3.74. The van der Waals surface area contributed by atoms with Crippen molar-refractivity contribution in [2.75, 3.05) is 0 Å². The molecule has 0 radical (unpaired) electrons. The van der Waals surface area contributed by atoms with Gasteiger partial charge in [0.2, 0.25) is 0 Å². The molecule has 0 bridgehead atoms. The first kappa shape index (κ1) is 28.7. The first-order valence-corrected chi connectivity index (χ1v) is 17.8. The number of fused-ring (bicyclic) bond motifs is 6. The highest BCUT2D eigenvalue weighted by atomic mass is 32.1. The summed E-state index contributed by atoms with van der Waals surface area (Å²) < 4.78 is 4.92. The minimum Gasteiger partial charge on any atom is -0.309 e. The second kappa shape index (κ2) is 11.7. The summed E-state index contributed by atoms with van der Waals surface area (Å²) in [5.74, 6) is 0. The highest BCUT2D eigenvalue weighted by Crippen LogP contribution is 2.42. The van der Waals surface area contributed by atoms with Crippen molar-refractivity contribution in [1.29, 1.82) is 0 Å². The van der Waals surface area contributed by atoms with Crippen molar-refractivity contribution < 1.29 is 0 Å². The Balaban J connectivity index is 1.18. The molecule has 0 fully saturated rings. The molecule has 7 aromatic carbocycles. The lowest BCUT2D eigenvalue weighted by atomic mass is 9.97. The maximum Gasteiger partial charge on any atom is 0.0730 e. The number of hydrogen-bond acceptors (Lipinski definition) is 2. The van der Waals surface area contributed by atoms with Gasteiger partial charge in [-0.3, -0.25) is 0 Å². The Hall–Kier alpha value is -6.29. The van der Waals surface area contributed by atoms with Crippen molar-refractivity contribution in [3.63, 3.8) is 0 Å². The van der Waals surface area contributed by atoms with Crippen molar-refractivity contribution in [2.24, 2.45) is 0 Å². The smallest absolute Gasteiger partial charge is 0.0730 e. The molecule has 0 aliphatic rings. The lowest BCUT2D eigenvalue weighted by Gasteiger charge is -2.12. The number of nitrogens with zero attached hydrogens (tertiary/aromatic N) is 2. The second-order valence-corrected chi connectivity index (χ2v) is 13.8. The normalized spacial score (nSPS) is 11.6. The van der Waals surface area contributed by atoms with Gasteiger partial charge in [0, 0.05) is 47.8 Å². The predicted molar refractivity (Wildman–Crippen MR) is 213 cm³/mol. The number of para-hydroxylation sites is 2. The third-order valence-corrected chi connectivity index (χ3v) is 11.0. The monoisotopic (exact) mass is 654 g/mol. The third-order valence-electron chi connectivity index (χ3n) is 9.81. The van der Waals surface area contributed by atoms with Crippen molar-refractivity contribution in [3.8, 4) is 50.5 Å². The van der Waals surface area contributed by atoms with Crippen LogP contribution in [0.4, 0.5) is 0 Å². The van der Waals surface area contributed by atoms with Gasteiger partial charge in [-0.25, -0.2) is 4.98 Å². The van der Waals surface area contributed by atoms with Gasteiger partial charge in [0.1, 0.15) is 0 Å². The van der Waals surface area contributed by atoms with Crippen LogP contribution in [0.2, 0.25) is 0 Å². The molecule has 0 saturated carbocycles. The van der Waals surface area contributed by atoms with Crippen LogP contribution in [0.25, 0.3) is 92.4 Å². The van der Waals surface area contributed by atoms with Crippen molar-refractivity contribution >= 4 is 53.3 Å². The third kappa shape index (κ3) is 4.74. The molecule has 0 aliphatic carbocycles. The van der Waals surface area contributed by atoms with Gasteiger partial charge in [-0.1, -0.05) is 133 Å². The summed E-state index contributed by atoms with van der Waals surface area (Å²) in [6.45, 7) is 0. The highest BCUT2D eigenvalue weighted by molar-refractivity contribution is 7.26. The number of thiophene rings is 1. The summed E-state index contributed by atoms with van der Waals surface area (Å²) in [5, 5.41) is 5.02. The van der Waals surface area contributed by atoms with Crippen molar-refractivity contribution in [3.05, 3.63) is 182 Å². The molecule has 3 heteroatoms. The van der Waals surface area contributed by atoms with Crippen LogP contribution in [-0.4, -0.2) is 9.55 Å². The molecular formula is C47H30N2S. The molecule has 50 heavy (non-hydrogen) atoms. The van der Waals surface area contributed by atoms with E-state index in [0.717, 1.165) is 33.8 Å². The van der Waals surface area contributed by atoms with Gasteiger partial charge in [0.15, 0.2) is 0 Å². The molecule has 0 saturated heterocycles. The average molecular weight is 655 g/mol. The van der Waals surface area contributed by atoms with Gasteiger partial charge in [-0.15, -0.1) is 11.3 Å². The Morgan fingerprint density at radius 1 is 0.380 bits per heavy atom. The van der Waals surface area contributed by atoms with Crippen LogP contribution in [-0.2, 0) is 0 Å². The molecular weight excluding hydrogens is 625 g/mol. The molecule has 10 rings (SSSR count). The lowest BCUT2D eigenvalue weighted by molar-refractivity contribution is 1.18. The van der Waals surface area contributed by atoms with Crippen LogP contribution >= 0.6 is 11.3 Å². The van der Waals surface area contributed by atoms with E-state index in [1.807, 2.05) is 11.3 Å². The summed E-state index contributed by atoms with van der Waals surface area (Å²) in [7, 11) is 0. The highest BCUT2D eigenvalue weighted by Gasteiger charge is 2.17. The van der Waals surface area contributed by atoms with E-state index in [9.17, 15) is 0 Å². The summed E-state index contributed by atoms with van der Waals surface area (Å²) in [6, 6.07) is 65.5. The Morgan fingerprint density at radius 3 is 1.80 bits per heavy atom. The fraction of sp³-hybridized carbons (Fsp3) is 0. The fourth-order valence-corrected chi connectivity index (χ4v) is 8.63. The van der Waals surface area contributed by atoms with Gasteiger partial charge < -0.3 is 4.57 Å². The van der Waals surface area contributed by atoms with Gasteiger partial charge in [0.05, 0.1) is 22.4 Å². The SMILES string of the molecule is c1ccc(-c2ccc(-c3cc(-c4ccc5c(c4)c4ccccc4n5-c4ccccc4)nc(-c4cccc5c4sc4ccccc45)c3)cc2)cc1. The quantitative estimate of drug-likeness (QED) is 0.181. The van der Waals surface area contributed by atoms with Crippen molar-refractivity contribution in [2.45, 2.75) is 0 Å². The van der Waals surface area contributed by atoms with Gasteiger partial charge in [-0.2, -0.15) is 0 Å². The Morgan fingerprint density at radius 2 is 0.980 bits per heavy atom. The molecule has 0 spiro atoms. The number of pyridine rings is 1. The topological polar surface area (TPSA) is 17.8 Å². The first-order valence-electron chi connectivity index (χ1n) is 17.0. The first-order chi connectivity index (χ1) is 24.8. The standard InChI is InChI=1S/C47H30N2S/c1-3-12-31(13-4-1)32-22-24-33(25-23-32)35-29-42(48-43(30-35)40-19-11-18-39-38-17-8-10-21-46(38)50-47(39)40)34-26-27-45-41(28-34)37-16-7-9-20-44(37)49(45)36-14-5-2-6-15-36/h1-30H. The molecule has 3 heterocycles. The minimum absolute atomic E-state index is 0.959. The van der Waals surface area contributed by atoms with E-state index in [1.165, 1.54) is 58.7 Å². The molecule has 0 amide bonds. The molecule has 0 aliphatic heterocycles. The zero-order valence-electron chi connectivity index (χ0n) is 27.1.